The van der Waals surface area contributed by atoms with Gasteiger partial charge in [0.1, 0.15) is 0 Å². The fourth-order valence-corrected chi connectivity index (χ4v) is 1.85. The quantitative estimate of drug-likeness (QED) is 0.796. The Morgan fingerprint density at radius 3 is 2.40 bits per heavy atom. The number of nitrogens with two attached hydrogens (primary N) is 1. The Bertz CT molecular complexity index is 405. The molecule has 0 saturated heterocycles. The number of likely N-dealkylation sites (N-methyl/N-ethyl adjacent to an activating group) is 1. The zero-order chi connectivity index (χ0) is 15.1. The summed E-state index contributed by atoms with van der Waals surface area (Å²) >= 11 is 0. The van der Waals surface area contributed by atoms with Crippen molar-refractivity contribution < 1.29 is 4.79 Å². The van der Waals surface area contributed by atoms with Gasteiger partial charge < -0.3 is 11.1 Å². The first-order chi connectivity index (χ1) is 9.41. The van der Waals surface area contributed by atoms with Crippen LogP contribution < -0.4 is 11.1 Å². The van der Waals surface area contributed by atoms with Crippen LogP contribution in [0.1, 0.15) is 26.3 Å². The lowest BCUT2D eigenvalue weighted by molar-refractivity contribution is -0.123. The number of nitrogens with one attached hydrogen (secondary N) is 1. The molecule has 112 valence electrons. The van der Waals surface area contributed by atoms with Crippen LogP contribution in [0.15, 0.2) is 30.3 Å². The van der Waals surface area contributed by atoms with Crippen LogP contribution in [-0.2, 0) is 11.3 Å². The van der Waals surface area contributed by atoms with Gasteiger partial charge in [-0.25, -0.2) is 0 Å². The van der Waals surface area contributed by atoms with Gasteiger partial charge >= 0.3 is 0 Å². The van der Waals surface area contributed by atoms with Gasteiger partial charge in [0.2, 0.25) is 5.91 Å². The molecule has 2 atom stereocenters. The first-order valence-electron chi connectivity index (χ1n) is 7.19. The minimum absolute atomic E-state index is 0.0695. The zero-order valence-corrected chi connectivity index (χ0v) is 13.0. The highest BCUT2D eigenvalue weighted by atomic mass is 16.2. The second-order valence-corrected chi connectivity index (χ2v) is 5.76. The lowest BCUT2D eigenvalue weighted by atomic mass is 10.0. The van der Waals surface area contributed by atoms with Gasteiger partial charge in [0, 0.05) is 19.1 Å². The summed E-state index contributed by atoms with van der Waals surface area (Å²) in [5, 5.41) is 2.92. The lowest BCUT2D eigenvalue weighted by Gasteiger charge is -2.26. The molecule has 0 aliphatic carbocycles. The van der Waals surface area contributed by atoms with E-state index in [9.17, 15) is 4.79 Å². The number of carbonyl (C=O) groups excluding carboxylic acids is 1. The smallest absolute Gasteiger partial charge is 0.237 e. The van der Waals surface area contributed by atoms with Crippen molar-refractivity contribution in [2.45, 2.75) is 39.4 Å². The van der Waals surface area contributed by atoms with Crippen molar-refractivity contribution >= 4 is 5.91 Å². The van der Waals surface area contributed by atoms with Crippen molar-refractivity contribution in [3.8, 4) is 0 Å². The fourth-order valence-electron chi connectivity index (χ4n) is 1.85. The first kappa shape index (κ1) is 16.7. The van der Waals surface area contributed by atoms with Crippen LogP contribution in [0.4, 0.5) is 0 Å². The van der Waals surface area contributed by atoms with Gasteiger partial charge in [0.25, 0.3) is 0 Å². The maximum absolute atomic E-state index is 11.8. The predicted octanol–water partition coefficient (Wildman–Crippen LogP) is 1.61. The number of hydrogen-bond acceptors (Lipinski definition) is 3. The number of rotatable bonds is 7. The van der Waals surface area contributed by atoms with Gasteiger partial charge in [-0.05, 0) is 25.5 Å². The molecule has 0 bridgehead atoms. The SMILES string of the molecule is CC(C)[C@H](N)C(=O)NCC(C)N(C)Cc1ccccc1. The van der Waals surface area contributed by atoms with Gasteiger partial charge in [0.15, 0.2) is 0 Å². The van der Waals surface area contributed by atoms with E-state index < -0.39 is 6.04 Å². The molecular formula is C16H27N3O. The summed E-state index contributed by atoms with van der Waals surface area (Å²) in [6.45, 7) is 7.49. The van der Waals surface area contributed by atoms with Crippen LogP contribution in [0.3, 0.4) is 0 Å². The number of benzene rings is 1. The molecule has 1 unspecified atom stereocenters. The van der Waals surface area contributed by atoms with Gasteiger partial charge in [-0.1, -0.05) is 44.2 Å². The summed E-state index contributed by atoms with van der Waals surface area (Å²) in [5.41, 5.74) is 7.09. The molecule has 1 rings (SSSR count). The average Bonchev–Trinajstić information content (AvgIpc) is 2.44. The standard InChI is InChI=1S/C16H27N3O/c1-12(2)15(17)16(20)18-10-13(3)19(4)11-14-8-6-5-7-9-14/h5-9,12-13,15H,10-11,17H2,1-4H3,(H,18,20)/t13?,15-/m0/s1. The molecule has 0 spiro atoms. The molecule has 4 heteroatoms. The molecule has 0 radical (unpaired) electrons. The van der Waals surface area contributed by atoms with Crippen LogP contribution in [-0.4, -0.2) is 36.5 Å². The third kappa shape index (κ3) is 5.31. The maximum atomic E-state index is 11.8. The van der Waals surface area contributed by atoms with Crippen LogP contribution >= 0.6 is 0 Å². The summed E-state index contributed by atoms with van der Waals surface area (Å²) in [7, 11) is 2.06. The third-order valence-electron chi connectivity index (χ3n) is 3.62. The Balaban J connectivity index is 2.39. The Labute approximate surface area is 122 Å². The highest BCUT2D eigenvalue weighted by Crippen LogP contribution is 2.05. The average molecular weight is 277 g/mol. The van der Waals surface area contributed by atoms with Crippen molar-refractivity contribution in [1.82, 2.24) is 10.2 Å². The van der Waals surface area contributed by atoms with Crippen LogP contribution in [0.2, 0.25) is 0 Å². The highest BCUT2D eigenvalue weighted by molar-refractivity contribution is 5.81. The Hall–Kier alpha value is -1.39. The van der Waals surface area contributed by atoms with E-state index in [0.717, 1.165) is 6.54 Å². The fraction of sp³-hybridized carbons (Fsp3) is 0.562. The second-order valence-electron chi connectivity index (χ2n) is 5.76. The number of nitrogens with zero attached hydrogens (tertiary/aromatic N) is 1. The normalized spacial score (nSPS) is 14.3. The molecule has 0 heterocycles. The Kier molecular flexibility index (Phi) is 6.68. The summed E-state index contributed by atoms with van der Waals surface area (Å²) < 4.78 is 0. The number of amides is 1. The molecule has 4 nitrogen and oxygen atoms in total. The summed E-state index contributed by atoms with van der Waals surface area (Å²) in [6.07, 6.45) is 0. The molecule has 1 aromatic carbocycles. The molecule has 0 fully saturated rings. The summed E-state index contributed by atoms with van der Waals surface area (Å²) in [4.78, 5) is 14.0. The Morgan fingerprint density at radius 2 is 1.85 bits per heavy atom. The van der Waals surface area contributed by atoms with Crippen LogP contribution in [0, 0.1) is 5.92 Å². The van der Waals surface area contributed by atoms with Crippen LogP contribution in [0.5, 0.6) is 0 Å². The van der Waals surface area contributed by atoms with E-state index in [1.54, 1.807) is 0 Å². The van der Waals surface area contributed by atoms with Gasteiger partial charge in [-0.15, -0.1) is 0 Å². The second kappa shape index (κ2) is 8.02. The number of carbonyl (C=O) groups is 1. The minimum atomic E-state index is -0.429. The molecule has 3 N–H and O–H groups in total. The summed E-state index contributed by atoms with van der Waals surface area (Å²) in [5.74, 6) is 0.0901. The van der Waals surface area contributed by atoms with E-state index in [4.69, 9.17) is 5.73 Å². The molecule has 1 aromatic rings. The van der Waals surface area contributed by atoms with Crippen molar-refractivity contribution in [3.05, 3.63) is 35.9 Å². The van der Waals surface area contributed by atoms with Crippen LogP contribution in [0.25, 0.3) is 0 Å². The molecule has 0 aliphatic heterocycles. The monoisotopic (exact) mass is 277 g/mol. The van der Waals surface area contributed by atoms with E-state index >= 15 is 0 Å². The Morgan fingerprint density at radius 1 is 1.25 bits per heavy atom. The predicted molar refractivity (Wildman–Crippen MR) is 83.2 cm³/mol. The third-order valence-corrected chi connectivity index (χ3v) is 3.62. The van der Waals surface area contributed by atoms with Crippen molar-refractivity contribution in [2.24, 2.45) is 11.7 Å². The maximum Gasteiger partial charge on any atom is 0.237 e. The molecule has 0 aliphatic rings. The summed E-state index contributed by atoms with van der Waals surface area (Å²) in [6, 6.07) is 10.1. The topological polar surface area (TPSA) is 58.4 Å². The van der Waals surface area contributed by atoms with Gasteiger partial charge in [0.05, 0.1) is 6.04 Å². The van der Waals surface area contributed by atoms with Crippen molar-refractivity contribution in [1.29, 1.82) is 0 Å². The first-order valence-corrected chi connectivity index (χ1v) is 7.19. The van der Waals surface area contributed by atoms with Gasteiger partial charge in [-0.2, -0.15) is 0 Å². The number of hydrogen-bond donors (Lipinski definition) is 2. The molecule has 0 saturated carbocycles. The van der Waals surface area contributed by atoms with E-state index in [0.29, 0.717) is 6.54 Å². The molecule has 1 amide bonds. The molecule has 0 aromatic heterocycles. The van der Waals surface area contributed by atoms with E-state index in [2.05, 4.69) is 36.3 Å². The largest absolute Gasteiger partial charge is 0.353 e. The van der Waals surface area contributed by atoms with Gasteiger partial charge in [-0.3, -0.25) is 9.69 Å². The zero-order valence-electron chi connectivity index (χ0n) is 13.0. The van der Waals surface area contributed by atoms with E-state index in [1.807, 2.05) is 32.0 Å². The van der Waals surface area contributed by atoms with E-state index in [1.165, 1.54) is 5.56 Å². The van der Waals surface area contributed by atoms with Crippen molar-refractivity contribution in [3.63, 3.8) is 0 Å². The lowest BCUT2D eigenvalue weighted by Crippen LogP contribution is -2.48. The van der Waals surface area contributed by atoms with E-state index in [-0.39, 0.29) is 17.9 Å². The molecule has 20 heavy (non-hydrogen) atoms. The molecular weight excluding hydrogens is 250 g/mol. The minimum Gasteiger partial charge on any atom is -0.353 e. The highest BCUT2D eigenvalue weighted by Gasteiger charge is 2.18. The van der Waals surface area contributed by atoms with Crippen molar-refractivity contribution in [2.75, 3.05) is 13.6 Å².